The van der Waals surface area contributed by atoms with E-state index < -0.39 is 0 Å². The minimum absolute atomic E-state index is 0.852. The summed E-state index contributed by atoms with van der Waals surface area (Å²) in [7, 11) is 1.67. The molecule has 3 rings (SSSR count). The van der Waals surface area contributed by atoms with Crippen molar-refractivity contribution < 1.29 is 4.74 Å². The van der Waals surface area contributed by atoms with E-state index >= 15 is 0 Å². The van der Waals surface area contributed by atoms with Crippen LogP contribution in [0, 0.1) is 0 Å². The molecular weight excluding hydrogens is 260 g/mol. The van der Waals surface area contributed by atoms with Crippen LogP contribution >= 0.6 is 0 Å². The van der Waals surface area contributed by atoms with Gasteiger partial charge in [0.2, 0.25) is 0 Å². The monoisotopic (exact) mass is 276 g/mol. The highest BCUT2D eigenvalue weighted by Crippen LogP contribution is 2.17. The molecule has 0 saturated carbocycles. The lowest BCUT2D eigenvalue weighted by Crippen LogP contribution is -1.97. The zero-order valence-corrected chi connectivity index (χ0v) is 11.8. The number of nitrogens with zero attached hydrogens (tertiary/aromatic N) is 2. The average Bonchev–Trinajstić information content (AvgIpc) is 3.02. The van der Waals surface area contributed by atoms with E-state index in [1.54, 1.807) is 7.11 Å². The third-order valence-electron chi connectivity index (χ3n) is 3.23. The van der Waals surface area contributed by atoms with Gasteiger partial charge in [0.25, 0.3) is 0 Å². The first-order valence-corrected chi connectivity index (χ1v) is 6.78. The predicted octanol–water partition coefficient (Wildman–Crippen LogP) is 4.24. The molecule has 0 saturated heterocycles. The molecule has 0 spiro atoms. The van der Waals surface area contributed by atoms with Gasteiger partial charge < -0.3 is 9.30 Å². The van der Waals surface area contributed by atoms with E-state index in [9.17, 15) is 0 Å². The lowest BCUT2D eigenvalue weighted by Gasteiger charge is -2.07. The number of methoxy groups -OCH3 is 1. The molecular formula is C18H16N2O. The van der Waals surface area contributed by atoms with E-state index in [0.29, 0.717) is 0 Å². The van der Waals surface area contributed by atoms with Crippen LogP contribution in [-0.4, -0.2) is 17.9 Å². The van der Waals surface area contributed by atoms with Crippen molar-refractivity contribution in [1.82, 2.24) is 4.57 Å². The molecule has 0 unspecified atom stereocenters. The van der Waals surface area contributed by atoms with Crippen LogP contribution in [0.15, 0.2) is 77.9 Å². The normalized spacial score (nSPS) is 10.9. The fourth-order valence-corrected chi connectivity index (χ4v) is 2.13. The lowest BCUT2D eigenvalue weighted by atomic mass is 10.3. The Kier molecular flexibility index (Phi) is 3.83. The van der Waals surface area contributed by atoms with Gasteiger partial charge in [-0.1, -0.05) is 18.2 Å². The molecule has 0 amide bonds. The second kappa shape index (κ2) is 6.09. The van der Waals surface area contributed by atoms with Crippen molar-refractivity contribution >= 4 is 11.9 Å². The standard InChI is InChI=1S/C18H16N2O/c1-21-18-11-9-16(10-12-18)20-13-5-8-17(20)14-19-15-6-3-2-4-7-15/h2-14H,1H3. The summed E-state index contributed by atoms with van der Waals surface area (Å²) in [6, 6.07) is 21.9. The number of benzene rings is 2. The van der Waals surface area contributed by atoms with Crippen LogP contribution in [-0.2, 0) is 0 Å². The molecule has 0 aliphatic rings. The Hall–Kier alpha value is -2.81. The van der Waals surface area contributed by atoms with Gasteiger partial charge in [0, 0.05) is 11.9 Å². The first-order valence-electron chi connectivity index (χ1n) is 6.78. The Morgan fingerprint density at radius 2 is 1.67 bits per heavy atom. The van der Waals surface area contributed by atoms with Crippen LogP contribution in [0.5, 0.6) is 5.75 Å². The fraction of sp³-hybridized carbons (Fsp3) is 0.0556. The Morgan fingerprint density at radius 1 is 0.905 bits per heavy atom. The van der Waals surface area contributed by atoms with Gasteiger partial charge in [-0.3, -0.25) is 4.99 Å². The summed E-state index contributed by atoms with van der Waals surface area (Å²) in [6.45, 7) is 0. The predicted molar refractivity (Wildman–Crippen MR) is 86.0 cm³/mol. The van der Waals surface area contributed by atoms with E-state index in [1.165, 1.54) is 0 Å². The highest BCUT2D eigenvalue weighted by molar-refractivity contribution is 5.81. The van der Waals surface area contributed by atoms with E-state index in [0.717, 1.165) is 22.8 Å². The third kappa shape index (κ3) is 3.03. The zero-order valence-electron chi connectivity index (χ0n) is 11.8. The van der Waals surface area contributed by atoms with Gasteiger partial charge in [-0.05, 0) is 48.5 Å². The molecule has 21 heavy (non-hydrogen) atoms. The van der Waals surface area contributed by atoms with Crippen molar-refractivity contribution in [2.45, 2.75) is 0 Å². The van der Waals surface area contributed by atoms with Gasteiger partial charge in [0.05, 0.1) is 24.7 Å². The molecule has 3 aromatic rings. The molecule has 3 heteroatoms. The molecule has 0 N–H and O–H groups in total. The van der Waals surface area contributed by atoms with Gasteiger partial charge in [0.1, 0.15) is 5.75 Å². The van der Waals surface area contributed by atoms with Gasteiger partial charge in [0.15, 0.2) is 0 Å². The summed E-state index contributed by atoms with van der Waals surface area (Å²) >= 11 is 0. The minimum Gasteiger partial charge on any atom is -0.497 e. The fourth-order valence-electron chi connectivity index (χ4n) is 2.13. The summed E-state index contributed by atoms with van der Waals surface area (Å²) in [6.07, 6.45) is 3.90. The van der Waals surface area contributed by atoms with E-state index in [2.05, 4.69) is 9.56 Å². The molecule has 0 bridgehead atoms. The van der Waals surface area contributed by atoms with Crippen molar-refractivity contribution in [2.75, 3.05) is 7.11 Å². The van der Waals surface area contributed by atoms with Gasteiger partial charge >= 0.3 is 0 Å². The summed E-state index contributed by atoms with van der Waals surface area (Å²) in [5, 5.41) is 0. The molecule has 1 aromatic heterocycles. The van der Waals surface area contributed by atoms with E-state index in [4.69, 9.17) is 4.74 Å². The SMILES string of the molecule is COc1ccc(-n2cccc2C=Nc2ccccc2)cc1. The first kappa shape index (κ1) is 13.2. The highest BCUT2D eigenvalue weighted by Gasteiger charge is 2.01. The maximum atomic E-state index is 5.19. The van der Waals surface area contributed by atoms with Crippen molar-refractivity contribution in [3.63, 3.8) is 0 Å². The molecule has 104 valence electrons. The van der Waals surface area contributed by atoms with Crippen LogP contribution in [0.25, 0.3) is 5.69 Å². The van der Waals surface area contributed by atoms with Crippen LogP contribution in [0.2, 0.25) is 0 Å². The highest BCUT2D eigenvalue weighted by atomic mass is 16.5. The van der Waals surface area contributed by atoms with Crippen LogP contribution in [0.3, 0.4) is 0 Å². The maximum absolute atomic E-state index is 5.19. The number of aliphatic imine (C=N–C) groups is 1. The minimum atomic E-state index is 0.852. The van der Waals surface area contributed by atoms with Gasteiger partial charge in [-0.2, -0.15) is 0 Å². The van der Waals surface area contributed by atoms with Crippen molar-refractivity contribution in [3.05, 3.63) is 78.6 Å². The van der Waals surface area contributed by atoms with Crippen molar-refractivity contribution in [1.29, 1.82) is 0 Å². The van der Waals surface area contributed by atoms with E-state index in [-0.39, 0.29) is 0 Å². The van der Waals surface area contributed by atoms with Gasteiger partial charge in [-0.15, -0.1) is 0 Å². The number of hydrogen-bond acceptors (Lipinski definition) is 2. The molecule has 0 atom stereocenters. The zero-order chi connectivity index (χ0) is 14.5. The van der Waals surface area contributed by atoms with Crippen LogP contribution in [0.4, 0.5) is 5.69 Å². The molecule has 0 radical (unpaired) electrons. The quantitative estimate of drug-likeness (QED) is 0.655. The summed E-state index contributed by atoms with van der Waals surface area (Å²) in [4.78, 5) is 4.50. The maximum Gasteiger partial charge on any atom is 0.119 e. The number of aromatic nitrogens is 1. The Morgan fingerprint density at radius 3 is 2.38 bits per heavy atom. The molecule has 1 heterocycles. The summed E-state index contributed by atoms with van der Waals surface area (Å²) in [5.41, 5.74) is 3.05. The van der Waals surface area contributed by atoms with Crippen LogP contribution < -0.4 is 4.74 Å². The largest absolute Gasteiger partial charge is 0.497 e. The topological polar surface area (TPSA) is 26.5 Å². The van der Waals surface area contributed by atoms with Crippen molar-refractivity contribution in [2.24, 2.45) is 4.99 Å². The molecule has 0 fully saturated rings. The van der Waals surface area contributed by atoms with Crippen molar-refractivity contribution in [3.8, 4) is 11.4 Å². The Labute approximate surface area is 124 Å². The second-order valence-corrected chi connectivity index (χ2v) is 4.59. The molecule has 0 aliphatic heterocycles. The Bertz CT molecular complexity index is 727. The molecule has 2 aromatic carbocycles. The number of para-hydroxylation sites is 1. The third-order valence-corrected chi connectivity index (χ3v) is 3.23. The van der Waals surface area contributed by atoms with Gasteiger partial charge in [-0.25, -0.2) is 0 Å². The number of rotatable bonds is 4. The summed E-state index contributed by atoms with van der Waals surface area (Å²) in [5.74, 6) is 0.852. The smallest absolute Gasteiger partial charge is 0.119 e. The van der Waals surface area contributed by atoms with E-state index in [1.807, 2.05) is 79.1 Å². The average molecular weight is 276 g/mol. The summed E-state index contributed by atoms with van der Waals surface area (Å²) < 4.78 is 7.28. The second-order valence-electron chi connectivity index (χ2n) is 4.59. The first-order chi connectivity index (χ1) is 10.4. The molecule has 3 nitrogen and oxygen atoms in total. The Balaban J connectivity index is 1.88. The number of ether oxygens (including phenoxy) is 1. The van der Waals surface area contributed by atoms with Crippen LogP contribution in [0.1, 0.15) is 5.69 Å². The lowest BCUT2D eigenvalue weighted by molar-refractivity contribution is 0.415. The number of hydrogen-bond donors (Lipinski definition) is 0. The molecule has 0 aliphatic carbocycles.